The van der Waals surface area contributed by atoms with Crippen molar-refractivity contribution in [2.75, 3.05) is 38.1 Å². The summed E-state index contributed by atoms with van der Waals surface area (Å²) in [4.78, 5) is 8.35. The summed E-state index contributed by atoms with van der Waals surface area (Å²) in [5, 5.41) is 0. The van der Waals surface area contributed by atoms with Crippen LogP contribution in [0, 0.1) is 0 Å². The van der Waals surface area contributed by atoms with E-state index in [2.05, 4.69) is 22.6 Å². The molecule has 3 rings (SSSR count). The summed E-state index contributed by atoms with van der Waals surface area (Å²) in [7, 11) is 1.68. The zero-order valence-electron chi connectivity index (χ0n) is 15.7. The summed E-state index contributed by atoms with van der Waals surface area (Å²) in [5.74, 6) is 1.55. The molecule has 1 N–H and O–H groups in total. The van der Waals surface area contributed by atoms with Gasteiger partial charge < -0.3 is 19.1 Å². The maximum atomic E-state index is 5.52. The molecule has 1 aliphatic heterocycles. The fraction of sp³-hybridized carbons (Fsp3) is 0.450. The maximum Gasteiger partial charge on any atom is 0.238 e. The van der Waals surface area contributed by atoms with Crippen molar-refractivity contribution in [2.45, 2.75) is 31.6 Å². The molecule has 0 atom stereocenters. The Bertz CT molecular complexity index is 722. The molecule has 0 fully saturated rings. The molecule has 0 saturated heterocycles. The molecule has 5 nitrogen and oxygen atoms in total. The predicted octanol–water partition coefficient (Wildman–Crippen LogP) is 4.03. The maximum absolute atomic E-state index is 5.52. The van der Waals surface area contributed by atoms with E-state index in [1.165, 1.54) is 5.56 Å². The molecule has 26 heavy (non-hydrogen) atoms. The molecular weight excluding hydrogens is 346 g/mol. The quantitative estimate of drug-likeness (QED) is 0.740. The van der Waals surface area contributed by atoms with Crippen molar-refractivity contribution >= 4 is 17.6 Å². The van der Waals surface area contributed by atoms with Gasteiger partial charge in [0.05, 0.1) is 13.7 Å². The van der Waals surface area contributed by atoms with E-state index < -0.39 is 0 Å². The van der Waals surface area contributed by atoms with Gasteiger partial charge in [0.15, 0.2) is 0 Å². The topological polar surface area (TPSA) is 46.6 Å². The zero-order chi connectivity index (χ0) is 18.4. The molecule has 0 radical (unpaired) electrons. The van der Waals surface area contributed by atoms with E-state index >= 15 is 0 Å². The molecule has 0 unspecified atom stereocenters. The highest BCUT2D eigenvalue weighted by atomic mass is 32.2. The number of nitrogens with zero attached hydrogens (tertiary/aromatic N) is 2. The Balaban J connectivity index is 1.72. The fourth-order valence-corrected chi connectivity index (χ4v) is 3.74. The van der Waals surface area contributed by atoms with Gasteiger partial charge in [-0.1, -0.05) is 6.92 Å². The first-order valence-electron chi connectivity index (χ1n) is 9.18. The van der Waals surface area contributed by atoms with Crippen LogP contribution >= 0.6 is 11.9 Å². The second kappa shape index (κ2) is 9.14. The molecule has 0 amide bonds. The average Bonchev–Trinajstić information content (AvgIpc) is 2.88. The number of anilines is 1. The third-order valence-corrected chi connectivity index (χ3v) is 5.40. The Labute approximate surface area is 160 Å². The van der Waals surface area contributed by atoms with Crippen LogP contribution in [0.4, 0.5) is 5.69 Å². The minimum atomic E-state index is 0.659. The lowest BCUT2D eigenvalue weighted by Gasteiger charge is -2.15. The first-order chi connectivity index (χ1) is 12.7. The van der Waals surface area contributed by atoms with Crippen LogP contribution in [0.2, 0.25) is 0 Å². The lowest BCUT2D eigenvalue weighted by atomic mass is 10.1. The van der Waals surface area contributed by atoms with E-state index in [9.17, 15) is 0 Å². The highest BCUT2D eigenvalue weighted by Crippen LogP contribution is 2.31. The summed E-state index contributed by atoms with van der Waals surface area (Å²) in [6.45, 7) is 8.12. The van der Waals surface area contributed by atoms with Crippen molar-refractivity contribution in [3.05, 3.63) is 41.6 Å². The van der Waals surface area contributed by atoms with Crippen molar-refractivity contribution in [3.63, 3.8) is 0 Å². The number of rotatable bonds is 7. The summed E-state index contributed by atoms with van der Waals surface area (Å²) in [5.41, 5.74) is 3.40. The fourth-order valence-electron chi connectivity index (χ4n) is 3.09. The van der Waals surface area contributed by atoms with Crippen LogP contribution in [-0.4, -0.2) is 43.2 Å². The van der Waals surface area contributed by atoms with Gasteiger partial charge in [-0.3, -0.25) is 0 Å². The minimum absolute atomic E-state index is 0.659. The average molecular weight is 374 g/mol. The Kier molecular flexibility index (Phi) is 6.63. The number of methoxy groups -OCH3 is 1. The van der Waals surface area contributed by atoms with Crippen LogP contribution in [0.3, 0.4) is 0 Å². The Morgan fingerprint density at radius 1 is 1.15 bits per heavy atom. The van der Waals surface area contributed by atoms with Crippen LogP contribution in [0.15, 0.2) is 35.2 Å². The van der Waals surface area contributed by atoms with Gasteiger partial charge in [-0.05, 0) is 67.7 Å². The SMILES string of the molecule is CCOc1ccc(SNc2cc3c(nc2OC)CCN(CC)CC3)cc1. The van der Waals surface area contributed by atoms with Crippen molar-refractivity contribution in [2.24, 2.45) is 0 Å². The third kappa shape index (κ3) is 4.62. The summed E-state index contributed by atoms with van der Waals surface area (Å²) < 4.78 is 14.4. The summed E-state index contributed by atoms with van der Waals surface area (Å²) in [6, 6.07) is 10.3. The summed E-state index contributed by atoms with van der Waals surface area (Å²) >= 11 is 1.55. The number of ether oxygens (including phenoxy) is 2. The molecule has 1 aromatic heterocycles. The number of pyridine rings is 1. The van der Waals surface area contributed by atoms with Gasteiger partial charge in [-0.15, -0.1) is 0 Å². The van der Waals surface area contributed by atoms with Crippen LogP contribution < -0.4 is 14.2 Å². The number of nitrogens with one attached hydrogen (secondary N) is 1. The molecule has 140 valence electrons. The van der Waals surface area contributed by atoms with Crippen molar-refractivity contribution in [1.82, 2.24) is 9.88 Å². The summed E-state index contributed by atoms with van der Waals surface area (Å²) in [6.07, 6.45) is 2.01. The molecule has 2 aromatic rings. The van der Waals surface area contributed by atoms with Gasteiger partial charge in [0.25, 0.3) is 0 Å². The van der Waals surface area contributed by atoms with Crippen LogP contribution in [0.1, 0.15) is 25.1 Å². The normalized spacial score (nSPS) is 14.4. The second-order valence-corrected chi connectivity index (χ2v) is 7.07. The molecule has 2 heterocycles. The first kappa shape index (κ1) is 18.9. The Morgan fingerprint density at radius 3 is 2.62 bits per heavy atom. The molecule has 0 bridgehead atoms. The largest absolute Gasteiger partial charge is 0.494 e. The molecule has 0 spiro atoms. The van der Waals surface area contributed by atoms with E-state index in [0.29, 0.717) is 12.5 Å². The minimum Gasteiger partial charge on any atom is -0.494 e. The second-order valence-electron chi connectivity index (χ2n) is 6.19. The lowest BCUT2D eigenvalue weighted by Crippen LogP contribution is -2.25. The molecule has 0 aliphatic carbocycles. The third-order valence-electron chi connectivity index (χ3n) is 4.57. The van der Waals surface area contributed by atoms with Gasteiger partial charge in [0, 0.05) is 30.1 Å². The monoisotopic (exact) mass is 373 g/mol. The number of aromatic nitrogens is 1. The number of benzene rings is 1. The number of fused-ring (bicyclic) bond motifs is 1. The van der Waals surface area contributed by atoms with Crippen molar-refractivity contribution < 1.29 is 9.47 Å². The molecule has 0 saturated carbocycles. The van der Waals surface area contributed by atoms with Gasteiger partial charge >= 0.3 is 0 Å². The van der Waals surface area contributed by atoms with Crippen molar-refractivity contribution in [1.29, 1.82) is 0 Å². The van der Waals surface area contributed by atoms with E-state index in [1.54, 1.807) is 19.1 Å². The molecule has 6 heteroatoms. The van der Waals surface area contributed by atoms with E-state index in [0.717, 1.165) is 54.5 Å². The Hall–Kier alpha value is -1.92. The van der Waals surface area contributed by atoms with E-state index in [-0.39, 0.29) is 0 Å². The van der Waals surface area contributed by atoms with Gasteiger partial charge in [0.1, 0.15) is 11.4 Å². The number of hydrogen-bond acceptors (Lipinski definition) is 6. The van der Waals surface area contributed by atoms with Gasteiger partial charge in [-0.25, -0.2) is 4.98 Å². The highest BCUT2D eigenvalue weighted by molar-refractivity contribution is 8.00. The van der Waals surface area contributed by atoms with E-state index in [1.807, 2.05) is 31.2 Å². The lowest BCUT2D eigenvalue weighted by molar-refractivity contribution is 0.303. The molecule has 1 aliphatic rings. The molecule has 1 aromatic carbocycles. The first-order valence-corrected chi connectivity index (χ1v) is 10.00. The van der Waals surface area contributed by atoms with Gasteiger partial charge in [-0.2, -0.15) is 0 Å². The zero-order valence-corrected chi connectivity index (χ0v) is 16.6. The number of hydrogen-bond donors (Lipinski definition) is 1. The van der Waals surface area contributed by atoms with Gasteiger partial charge in [0.2, 0.25) is 5.88 Å². The van der Waals surface area contributed by atoms with Crippen LogP contribution in [-0.2, 0) is 12.8 Å². The van der Waals surface area contributed by atoms with Crippen molar-refractivity contribution in [3.8, 4) is 11.6 Å². The predicted molar refractivity (Wildman–Crippen MR) is 107 cm³/mol. The van der Waals surface area contributed by atoms with Crippen LogP contribution in [0.25, 0.3) is 0 Å². The smallest absolute Gasteiger partial charge is 0.238 e. The highest BCUT2D eigenvalue weighted by Gasteiger charge is 2.17. The Morgan fingerprint density at radius 2 is 1.92 bits per heavy atom. The number of likely N-dealkylation sites (N-methyl/N-ethyl adjacent to an activating group) is 1. The van der Waals surface area contributed by atoms with Crippen LogP contribution in [0.5, 0.6) is 11.6 Å². The van der Waals surface area contributed by atoms with E-state index in [4.69, 9.17) is 14.5 Å². The standard InChI is InChI=1S/C20H27N3O2S/c1-4-23-12-10-15-14-19(20(24-3)21-18(15)11-13-23)22-26-17-8-6-16(7-9-17)25-5-2/h6-9,14,22H,4-5,10-13H2,1-3H3. The molecular formula is C20H27N3O2S.